The SMILES string of the molecule is CNCc1c(Cl)ccc(S(=O)(=O)NCCC(C)(C)C)c1Cl. The Morgan fingerprint density at radius 2 is 1.81 bits per heavy atom. The van der Waals surface area contributed by atoms with Gasteiger partial charge in [0.15, 0.2) is 0 Å². The van der Waals surface area contributed by atoms with Crippen molar-refractivity contribution in [1.82, 2.24) is 10.0 Å². The Hall–Kier alpha value is -0.330. The molecule has 0 aliphatic heterocycles. The van der Waals surface area contributed by atoms with Crippen LogP contribution >= 0.6 is 23.2 Å². The second kappa shape index (κ2) is 7.29. The summed E-state index contributed by atoms with van der Waals surface area (Å²) in [5.74, 6) is 0. The van der Waals surface area contributed by atoms with Gasteiger partial charge in [-0.3, -0.25) is 0 Å². The summed E-state index contributed by atoms with van der Waals surface area (Å²) in [7, 11) is -1.89. The van der Waals surface area contributed by atoms with Gasteiger partial charge in [-0.15, -0.1) is 0 Å². The molecular weight excluding hydrogens is 331 g/mol. The van der Waals surface area contributed by atoms with Gasteiger partial charge < -0.3 is 5.32 Å². The van der Waals surface area contributed by atoms with Crippen molar-refractivity contribution >= 4 is 33.2 Å². The van der Waals surface area contributed by atoms with E-state index in [1.165, 1.54) is 6.07 Å². The monoisotopic (exact) mass is 352 g/mol. The quantitative estimate of drug-likeness (QED) is 0.824. The fourth-order valence-electron chi connectivity index (χ4n) is 1.76. The fraction of sp³-hybridized carbons (Fsp3) is 0.571. The van der Waals surface area contributed by atoms with Gasteiger partial charge in [0.25, 0.3) is 0 Å². The second-order valence-electron chi connectivity index (χ2n) is 6.08. The van der Waals surface area contributed by atoms with E-state index in [1.807, 2.05) is 0 Å². The van der Waals surface area contributed by atoms with Crippen LogP contribution in [0.1, 0.15) is 32.8 Å². The molecule has 1 rings (SSSR count). The molecule has 0 radical (unpaired) electrons. The number of halogens is 2. The van der Waals surface area contributed by atoms with Gasteiger partial charge in [-0.1, -0.05) is 44.0 Å². The number of sulfonamides is 1. The van der Waals surface area contributed by atoms with Crippen molar-refractivity contribution in [3.63, 3.8) is 0 Å². The molecule has 0 fully saturated rings. The fourth-order valence-corrected chi connectivity index (χ4v) is 3.70. The molecular formula is C14H22Cl2N2O2S. The van der Waals surface area contributed by atoms with Crippen LogP contribution in [0.2, 0.25) is 10.0 Å². The third-order valence-electron chi connectivity index (χ3n) is 2.96. The van der Waals surface area contributed by atoms with E-state index in [2.05, 4.69) is 30.8 Å². The van der Waals surface area contributed by atoms with Crippen molar-refractivity contribution in [3.05, 3.63) is 27.7 Å². The molecule has 120 valence electrons. The Kier molecular flexibility index (Phi) is 6.50. The van der Waals surface area contributed by atoms with Crippen LogP contribution < -0.4 is 10.0 Å². The van der Waals surface area contributed by atoms with Gasteiger partial charge in [0, 0.05) is 23.7 Å². The van der Waals surface area contributed by atoms with Gasteiger partial charge in [0.05, 0.1) is 5.02 Å². The summed E-state index contributed by atoms with van der Waals surface area (Å²) in [5, 5.41) is 3.54. The first-order valence-electron chi connectivity index (χ1n) is 6.69. The summed E-state index contributed by atoms with van der Waals surface area (Å²) in [6, 6.07) is 2.99. The second-order valence-corrected chi connectivity index (χ2v) is 8.60. The molecule has 0 saturated carbocycles. The lowest BCUT2D eigenvalue weighted by Crippen LogP contribution is -2.28. The third-order valence-corrected chi connectivity index (χ3v) is 5.36. The van der Waals surface area contributed by atoms with E-state index in [0.717, 1.165) is 6.42 Å². The normalized spacial score (nSPS) is 12.7. The lowest BCUT2D eigenvalue weighted by atomic mass is 9.93. The Morgan fingerprint density at radius 3 is 2.33 bits per heavy atom. The highest BCUT2D eigenvalue weighted by Gasteiger charge is 2.22. The van der Waals surface area contributed by atoms with E-state index in [-0.39, 0.29) is 15.3 Å². The first-order valence-corrected chi connectivity index (χ1v) is 8.93. The Labute approximate surface area is 137 Å². The van der Waals surface area contributed by atoms with E-state index in [0.29, 0.717) is 23.7 Å². The minimum absolute atomic E-state index is 0.0591. The lowest BCUT2D eigenvalue weighted by Gasteiger charge is -2.18. The van der Waals surface area contributed by atoms with Gasteiger partial charge in [0.1, 0.15) is 4.90 Å². The predicted octanol–water partition coefficient (Wildman–Crippen LogP) is 3.43. The average Bonchev–Trinajstić information content (AvgIpc) is 2.32. The number of benzene rings is 1. The summed E-state index contributed by atoms with van der Waals surface area (Å²) in [6.45, 7) is 6.94. The molecule has 7 heteroatoms. The number of rotatable bonds is 6. The van der Waals surface area contributed by atoms with Crippen molar-refractivity contribution in [3.8, 4) is 0 Å². The molecule has 0 aliphatic carbocycles. The van der Waals surface area contributed by atoms with E-state index in [4.69, 9.17) is 23.2 Å². The van der Waals surface area contributed by atoms with Crippen molar-refractivity contribution in [2.24, 2.45) is 5.41 Å². The van der Waals surface area contributed by atoms with E-state index >= 15 is 0 Å². The lowest BCUT2D eigenvalue weighted by molar-refractivity contribution is 0.378. The summed E-state index contributed by atoms with van der Waals surface area (Å²) in [6.07, 6.45) is 0.737. The molecule has 0 spiro atoms. The standard InChI is InChI=1S/C14H22Cl2N2O2S/c1-14(2,3)7-8-18-21(19,20)12-6-5-11(15)10(9-17-4)13(12)16/h5-6,17-18H,7-9H2,1-4H3. The van der Waals surface area contributed by atoms with Crippen molar-refractivity contribution < 1.29 is 8.42 Å². The molecule has 2 N–H and O–H groups in total. The number of hydrogen-bond donors (Lipinski definition) is 2. The van der Waals surface area contributed by atoms with E-state index in [1.54, 1.807) is 13.1 Å². The maximum Gasteiger partial charge on any atom is 0.242 e. The van der Waals surface area contributed by atoms with Crippen LogP contribution in [0.3, 0.4) is 0 Å². The first-order chi connectivity index (χ1) is 9.58. The van der Waals surface area contributed by atoms with Gasteiger partial charge in [-0.2, -0.15) is 0 Å². The van der Waals surface area contributed by atoms with Crippen LogP contribution in [-0.4, -0.2) is 22.0 Å². The smallest absolute Gasteiger partial charge is 0.242 e. The van der Waals surface area contributed by atoms with Crippen molar-refractivity contribution in [1.29, 1.82) is 0 Å². The molecule has 21 heavy (non-hydrogen) atoms. The van der Waals surface area contributed by atoms with Crippen LogP contribution in [0, 0.1) is 5.41 Å². The Bertz CT molecular complexity index is 596. The molecule has 4 nitrogen and oxygen atoms in total. The minimum Gasteiger partial charge on any atom is -0.316 e. The molecule has 0 heterocycles. The maximum atomic E-state index is 12.3. The zero-order valence-electron chi connectivity index (χ0n) is 12.8. The highest BCUT2D eigenvalue weighted by molar-refractivity contribution is 7.89. The molecule has 0 unspecified atom stereocenters. The molecule has 0 aromatic heterocycles. The molecule has 0 aliphatic rings. The molecule has 1 aromatic rings. The van der Waals surface area contributed by atoms with Crippen molar-refractivity contribution in [2.75, 3.05) is 13.6 Å². The van der Waals surface area contributed by atoms with Crippen LogP contribution in [0.15, 0.2) is 17.0 Å². The minimum atomic E-state index is -3.64. The maximum absolute atomic E-state index is 12.3. The van der Waals surface area contributed by atoms with Gasteiger partial charge in [-0.25, -0.2) is 13.1 Å². The van der Waals surface area contributed by atoms with Crippen LogP contribution in [-0.2, 0) is 16.6 Å². The zero-order valence-corrected chi connectivity index (χ0v) is 15.1. The highest BCUT2D eigenvalue weighted by atomic mass is 35.5. The average molecular weight is 353 g/mol. The molecule has 1 aromatic carbocycles. The largest absolute Gasteiger partial charge is 0.316 e. The molecule has 0 saturated heterocycles. The van der Waals surface area contributed by atoms with Crippen LogP contribution in [0.5, 0.6) is 0 Å². The highest BCUT2D eigenvalue weighted by Crippen LogP contribution is 2.31. The van der Waals surface area contributed by atoms with Gasteiger partial charge in [-0.05, 0) is 31.0 Å². The first kappa shape index (κ1) is 18.7. The molecule has 0 bridgehead atoms. The van der Waals surface area contributed by atoms with Crippen molar-refractivity contribution in [2.45, 2.75) is 38.6 Å². The van der Waals surface area contributed by atoms with E-state index < -0.39 is 10.0 Å². The van der Waals surface area contributed by atoms with Crippen LogP contribution in [0.4, 0.5) is 0 Å². The summed E-state index contributed by atoms with van der Waals surface area (Å²) >= 11 is 12.3. The summed E-state index contributed by atoms with van der Waals surface area (Å²) in [5.41, 5.74) is 0.642. The third kappa shape index (κ3) is 5.42. The number of nitrogens with one attached hydrogen (secondary N) is 2. The molecule has 0 amide bonds. The topological polar surface area (TPSA) is 58.2 Å². The number of hydrogen-bond acceptors (Lipinski definition) is 3. The Balaban J connectivity index is 3.01. The summed E-state index contributed by atoms with van der Waals surface area (Å²) in [4.78, 5) is 0.0627. The van der Waals surface area contributed by atoms with E-state index in [9.17, 15) is 8.42 Å². The Morgan fingerprint density at radius 1 is 1.19 bits per heavy atom. The van der Waals surface area contributed by atoms with Gasteiger partial charge in [0.2, 0.25) is 10.0 Å². The summed E-state index contributed by atoms with van der Waals surface area (Å²) < 4.78 is 27.3. The molecule has 0 atom stereocenters. The van der Waals surface area contributed by atoms with Crippen LogP contribution in [0.25, 0.3) is 0 Å². The van der Waals surface area contributed by atoms with Gasteiger partial charge >= 0.3 is 0 Å². The zero-order chi connectivity index (χ0) is 16.3. The predicted molar refractivity (Wildman–Crippen MR) is 88.5 cm³/mol.